The number of rotatable bonds is 4. The van der Waals surface area contributed by atoms with Crippen LogP contribution in [0.2, 0.25) is 0 Å². The SMILES string of the molecule is CO[C@@H]1C[C@@H](CO)N(Cc2cccnc2C)C1. The number of aromatic nitrogens is 1. The average Bonchev–Trinajstić information content (AvgIpc) is 2.74. The summed E-state index contributed by atoms with van der Waals surface area (Å²) in [5.41, 5.74) is 2.28. The first-order chi connectivity index (χ1) is 8.24. The smallest absolute Gasteiger partial charge is 0.0714 e. The number of aliphatic hydroxyl groups excluding tert-OH is 1. The molecule has 2 rings (SSSR count). The van der Waals surface area contributed by atoms with E-state index in [0.29, 0.717) is 0 Å². The van der Waals surface area contributed by atoms with Crippen molar-refractivity contribution in [2.75, 3.05) is 20.3 Å². The predicted molar refractivity (Wildman–Crippen MR) is 65.7 cm³/mol. The highest BCUT2D eigenvalue weighted by Gasteiger charge is 2.31. The Bertz CT molecular complexity index is 370. The van der Waals surface area contributed by atoms with Gasteiger partial charge in [-0.05, 0) is 25.0 Å². The van der Waals surface area contributed by atoms with Crippen LogP contribution in [0.25, 0.3) is 0 Å². The molecule has 1 aliphatic rings. The molecule has 0 saturated carbocycles. The zero-order valence-corrected chi connectivity index (χ0v) is 10.5. The maximum absolute atomic E-state index is 9.38. The lowest BCUT2D eigenvalue weighted by Crippen LogP contribution is -2.32. The number of ether oxygens (including phenoxy) is 1. The quantitative estimate of drug-likeness (QED) is 0.846. The van der Waals surface area contributed by atoms with E-state index in [2.05, 4.69) is 16.0 Å². The van der Waals surface area contributed by atoms with E-state index < -0.39 is 0 Å². The molecule has 4 heteroatoms. The lowest BCUT2D eigenvalue weighted by atomic mass is 10.1. The van der Waals surface area contributed by atoms with Crippen LogP contribution in [-0.4, -0.2) is 47.4 Å². The average molecular weight is 236 g/mol. The minimum atomic E-state index is 0.194. The second-order valence-electron chi connectivity index (χ2n) is 4.61. The van der Waals surface area contributed by atoms with Crippen LogP contribution in [0.15, 0.2) is 18.3 Å². The lowest BCUT2D eigenvalue weighted by molar-refractivity contribution is 0.107. The Morgan fingerprint density at radius 1 is 1.59 bits per heavy atom. The molecule has 1 aromatic heterocycles. The number of hydrogen-bond donors (Lipinski definition) is 1. The molecule has 0 unspecified atom stereocenters. The van der Waals surface area contributed by atoms with Gasteiger partial charge in [0.15, 0.2) is 0 Å². The molecule has 2 heterocycles. The topological polar surface area (TPSA) is 45.6 Å². The van der Waals surface area contributed by atoms with Gasteiger partial charge in [-0.2, -0.15) is 0 Å². The van der Waals surface area contributed by atoms with E-state index in [9.17, 15) is 5.11 Å². The molecular weight excluding hydrogens is 216 g/mol. The fourth-order valence-corrected chi connectivity index (χ4v) is 2.40. The first kappa shape index (κ1) is 12.5. The van der Waals surface area contributed by atoms with Crippen molar-refractivity contribution >= 4 is 0 Å². The minimum Gasteiger partial charge on any atom is -0.395 e. The first-order valence-electron chi connectivity index (χ1n) is 6.02. The van der Waals surface area contributed by atoms with Gasteiger partial charge in [0.05, 0.1) is 12.7 Å². The van der Waals surface area contributed by atoms with Crippen molar-refractivity contribution in [2.45, 2.75) is 32.0 Å². The maximum atomic E-state index is 9.38. The summed E-state index contributed by atoms with van der Waals surface area (Å²) in [6.45, 7) is 3.94. The molecule has 0 bridgehead atoms. The Hall–Kier alpha value is -0.970. The minimum absolute atomic E-state index is 0.194. The van der Waals surface area contributed by atoms with Crippen LogP contribution in [0.1, 0.15) is 17.7 Å². The predicted octanol–water partition coefficient (Wildman–Crippen LogP) is 0.972. The summed E-state index contributed by atoms with van der Waals surface area (Å²) in [4.78, 5) is 6.57. The molecule has 1 N–H and O–H groups in total. The highest BCUT2D eigenvalue weighted by Crippen LogP contribution is 2.22. The molecule has 94 valence electrons. The van der Waals surface area contributed by atoms with E-state index in [1.165, 1.54) is 5.56 Å². The van der Waals surface area contributed by atoms with Crippen molar-refractivity contribution < 1.29 is 9.84 Å². The molecule has 1 aromatic rings. The van der Waals surface area contributed by atoms with Gasteiger partial charge in [0.2, 0.25) is 0 Å². The molecule has 0 amide bonds. The number of aryl methyl sites for hydroxylation is 1. The van der Waals surface area contributed by atoms with Crippen molar-refractivity contribution in [3.8, 4) is 0 Å². The third kappa shape index (κ3) is 2.83. The van der Waals surface area contributed by atoms with Gasteiger partial charge in [-0.3, -0.25) is 9.88 Å². The molecule has 0 aliphatic carbocycles. The van der Waals surface area contributed by atoms with E-state index in [1.807, 2.05) is 19.2 Å². The Balaban J connectivity index is 2.05. The zero-order chi connectivity index (χ0) is 12.3. The van der Waals surface area contributed by atoms with E-state index in [4.69, 9.17) is 4.74 Å². The summed E-state index contributed by atoms with van der Waals surface area (Å²) in [6.07, 6.45) is 2.96. The molecular formula is C13H20N2O2. The molecule has 0 radical (unpaired) electrons. The summed E-state index contributed by atoms with van der Waals surface area (Å²) < 4.78 is 5.37. The van der Waals surface area contributed by atoms with Crippen LogP contribution in [0.5, 0.6) is 0 Å². The standard InChI is InChI=1S/C13H20N2O2/c1-10-11(4-3-5-14-10)7-15-8-13(17-2)6-12(15)9-16/h3-5,12-13,16H,6-9H2,1-2H3/t12-,13+/m0/s1. The van der Waals surface area contributed by atoms with Crippen LogP contribution in [0.3, 0.4) is 0 Å². The van der Waals surface area contributed by atoms with Crippen molar-refractivity contribution in [3.63, 3.8) is 0 Å². The molecule has 0 aromatic carbocycles. The van der Waals surface area contributed by atoms with E-state index in [-0.39, 0.29) is 18.8 Å². The fourth-order valence-electron chi connectivity index (χ4n) is 2.40. The largest absolute Gasteiger partial charge is 0.395 e. The highest BCUT2D eigenvalue weighted by molar-refractivity contribution is 5.18. The number of nitrogens with zero attached hydrogens (tertiary/aromatic N) is 2. The fraction of sp³-hybridized carbons (Fsp3) is 0.615. The molecule has 1 saturated heterocycles. The molecule has 1 aliphatic heterocycles. The number of methoxy groups -OCH3 is 1. The van der Waals surface area contributed by atoms with Crippen molar-refractivity contribution in [1.29, 1.82) is 0 Å². The van der Waals surface area contributed by atoms with Crippen LogP contribution in [0, 0.1) is 6.92 Å². The van der Waals surface area contributed by atoms with Crippen LogP contribution in [-0.2, 0) is 11.3 Å². The van der Waals surface area contributed by atoms with E-state index >= 15 is 0 Å². The second kappa shape index (κ2) is 5.58. The second-order valence-corrected chi connectivity index (χ2v) is 4.61. The Kier molecular flexibility index (Phi) is 4.10. The van der Waals surface area contributed by atoms with Crippen LogP contribution < -0.4 is 0 Å². The van der Waals surface area contributed by atoms with Crippen LogP contribution >= 0.6 is 0 Å². The van der Waals surface area contributed by atoms with Gasteiger partial charge >= 0.3 is 0 Å². The van der Waals surface area contributed by atoms with Gasteiger partial charge in [-0.25, -0.2) is 0 Å². The third-order valence-corrected chi connectivity index (χ3v) is 3.52. The third-order valence-electron chi connectivity index (χ3n) is 3.52. The molecule has 0 spiro atoms. The van der Waals surface area contributed by atoms with Crippen molar-refractivity contribution in [3.05, 3.63) is 29.6 Å². The first-order valence-corrected chi connectivity index (χ1v) is 6.02. The maximum Gasteiger partial charge on any atom is 0.0714 e. The molecule has 4 nitrogen and oxygen atoms in total. The Labute approximate surface area is 102 Å². The monoisotopic (exact) mass is 236 g/mol. The highest BCUT2D eigenvalue weighted by atomic mass is 16.5. The molecule has 17 heavy (non-hydrogen) atoms. The molecule has 1 fully saturated rings. The summed E-state index contributed by atoms with van der Waals surface area (Å²) in [5, 5.41) is 9.38. The van der Waals surface area contributed by atoms with Gasteiger partial charge < -0.3 is 9.84 Å². The number of hydrogen-bond acceptors (Lipinski definition) is 4. The van der Waals surface area contributed by atoms with Gasteiger partial charge in [0.25, 0.3) is 0 Å². The normalized spacial score (nSPS) is 25.4. The van der Waals surface area contributed by atoms with Gasteiger partial charge in [0.1, 0.15) is 0 Å². The number of pyridine rings is 1. The van der Waals surface area contributed by atoms with E-state index in [1.54, 1.807) is 7.11 Å². The summed E-state index contributed by atoms with van der Waals surface area (Å²) in [6, 6.07) is 4.26. The van der Waals surface area contributed by atoms with Crippen molar-refractivity contribution in [1.82, 2.24) is 9.88 Å². The molecule has 2 atom stereocenters. The van der Waals surface area contributed by atoms with Crippen molar-refractivity contribution in [2.24, 2.45) is 0 Å². The van der Waals surface area contributed by atoms with E-state index in [0.717, 1.165) is 25.2 Å². The van der Waals surface area contributed by atoms with Crippen LogP contribution in [0.4, 0.5) is 0 Å². The van der Waals surface area contributed by atoms with Gasteiger partial charge in [0, 0.05) is 38.1 Å². The summed E-state index contributed by atoms with van der Waals surface area (Å²) >= 11 is 0. The summed E-state index contributed by atoms with van der Waals surface area (Å²) in [5.74, 6) is 0. The van der Waals surface area contributed by atoms with Gasteiger partial charge in [-0.1, -0.05) is 6.07 Å². The van der Waals surface area contributed by atoms with Gasteiger partial charge in [-0.15, -0.1) is 0 Å². The zero-order valence-electron chi connectivity index (χ0n) is 10.5. The summed E-state index contributed by atoms with van der Waals surface area (Å²) in [7, 11) is 1.73. The Morgan fingerprint density at radius 2 is 2.41 bits per heavy atom. The number of aliphatic hydroxyl groups is 1. The number of likely N-dealkylation sites (tertiary alicyclic amines) is 1. The lowest BCUT2D eigenvalue weighted by Gasteiger charge is -2.22. The Morgan fingerprint density at radius 3 is 3.06 bits per heavy atom.